The molecular formula is C16H23ClFN3O. The Labute approximate surface area is 136 Å². The fourth-order valence-corrected chi connectivity index (χ4v) is 2.53. The molecule has 0 radical (unpaired) electrons. The smallest absolute Gasteiger partial charge is 0.234 e. The number of hydrogen-bond acceptors (Lipinski definition) is 3. The molecule has 1 amide bonds. The van der Waals surface area contributed by atoms with E-state index < -0.39 is 5.82 Å². The standard InChI is InChI=1S/C16H23ClFN3O/c1-16(2,3)21-9-12(10-21)19-8-14(22)20-7-11-5-4-6-13(17)15(11)18/h4-6,12,19H,7-10H2,1-3H3,(H,20,22). The zero-order chi connectivity index (χ0) is 16.3. The molecule has 1 heterocycles. The topological polar surface area (TPSA) is 44.4 Å². The van der Waals surface area contributed by atoms with Crippen molar-refractivity contribution in [1.29, 1.82) is 0 Å². The van der Waals surface area contributed by atoms with Gasteiger partial charge in [-0.1, -0.05) is 23.7 Å². The predicted octanol–water partition coefficient (Wildman–Crippen LogP) is 2.17. The summed E-state index contributed by atoms with van der Waals surface area (Å²) in [6.45, 7) is 8.80. The monoisotopic (exact) mass is 327 g/mol. The maximum absolute atomic E-state index is 13.7. The first-order valence-electron chi connectivity index (χ1n) is 7.45. The number of nitrogens with zero attached hydrogens (tertiary/aromatic N) is 1. The van der Waals surface area contributed by atoms with E-state index in [0.29, 0.717) is 11.6 Å². The van der Waals surface area contributed by atoms with Gasteiger partial charge in [-0.2, -0.15) is 0 Å². The Hall–Kier alpha value is -1.17. The van der Waals surface area contributed by atoms with Crippen molar-refractivity contribution in [3.8, 4) is 0 Å². The Bertz CT molecular complexity index is 539. The van der Waals surface area contributed by atoms with E-state index in [1.54, 1.807) is 12.1 Å². The quantitative estimate of drug-likeness (QED) is 0.871. The molecule has 6 heteroatoms. The van der Waals surface area contributed by atoms with Gasteiger partial charge in [-0.3, -0.25) is 9.69 Å². The summed E-state index contributed by atoms with van der Waals surface area (Å²) in [5.41, 5.74) is 0.563. The normalized spacial score (nSPS) is 16.4. The number of nitrogens with one attached hydrogen (secondary N) is 2. The molecule has 0 saturated carbocycles. The second kappa shape index (κ2) is 6.94. The lowest BCUT2D eigenvalue weighted by atomic mass is 9.98. The molecule has 1 aromatic rings. The zero-order valence-electron chi connectivity index (χ0n) is 13.2. The lowest BCUT2D eigenvalue weighted by Crippen LogP contribution is -2.64. The highest BCUT2D eigenvalue weighted by atomic mass is 35.5. The van der Waals surface area contributed by atoms with E-state index in [-0.39, 0.29) is 29.6 Å². The van der Waals surface area contributed by atoms with Gasteiger partial charge in [-0.15, -0.1) is 0 Å². The van der Waals surface area contributed by atoms with E-state index in [9.17, 15) is 9.18 Å². The SMILES string of the molecule is CC(C)(C)N1CC(NCC(=O)NCc2cccc(Cl)c2F)C1. The van der Waals surface area contributed by atoms with Gasteiger partial charge in [0.2, 0.25) is 5.91 Å². The van der Waals surface area contributed by atoms with Gasteiger partial charge in [-0.05, 0) is 26.8 Å². The van der Waals surface area contributed by atoms with E-state index in [0.717, 1.165) is 13.1 Å². The van der Waals surface area contributed by atoms with Crippen LogP contribution in [0.15, 0.2) is 18.2 Å². The fourth-order valence-electron chi connectivity index (χ4n) is 2.33. The van der Waals surface area contributed by atoms with Crippen molar-refractivity contribution < 1.29 is 9.18 Å². The Morgan fingerprint density at radius 1 is 1.41 bits per heavy atom. The van der Waals surface area contributed by atoms with Crippen molar-refractivity contribution in [2.45, 2.75) is 38.9 Å². The van der Waals surface area contributed by atoms with Crippen molar-refractivity contribution in [2.24, 2.45) is 0 Å². The third kappa shape index (κ3) is 4.41. The number of likely N-dealkylation sites (tertiary alicyclic amines) is 1. The number of carbonyl (C=O) groups is 1. The largest absolute Gasteiger partial charge is 0.351 e. The first-order chi connectivity index (χ1) is 10.3. The molecule has 0 spiro atoms. The van der Waals surface area contributed by atoms with Crippen LogP contribution in [0.1, 0.15) is 26.3 Å². The van der Waals surface area contributed by atoms with Crippen molar-refractivity contribution in [2.75, 3.05) is 19.6 Å². The van der Waals surface area contributed by atoms with Crippen LogP contribution in [-0.2, 0) is 11.3 Å². The Balaban J connectivity index is 1.68. The lowest BCUT2D eigenvalue weighted by molar-refractivity contribution is -0.120. The zero-order valence-corrected chi connectivity index (χ0v) is 14.0. The molecule has 1 saturated heterocycles. The van der Waals surface area contributed by atoms with Crippen molar-refractivity contribution in [3.05, 3.63) is 34.6 Å². The maximum atomic E-state index is 13.7. The van der Waals surface area contributed by atoms with Crippen LogP contribution in [0.2, 0.25) is 5.02 Å². The highest BCUT2D eigenvalue weighted by Gasteiger charge is 2.33. The van der Waals surface area contributed by atoms with Crippen LogP contribution >= 0.6 is 11.6 Å². The molecule has 122 valence electrons. The van der Waals surface area contributed by atoms with E-state index >= 15 is 0 Å². The number of rotatable bonds is 5. The second-order valence-electron chi connectivity index (χ2n) is 6.64. The third-order valence-electron chi connectivity index (χ3n) is 3.89. The summed E-state index contributed by atoms with van der Waals surface area (Å²) in [7, 11) is 0. The minimum atomic E-state index is -0.475. The summed E-state index contributed by atoms with van der Waals surface area (Å²) in [5, 5.41) is 5.98. The molecule has 4 nitrogen and oxygen atoms in total. The molecular weight excluding hydrogens is 305 g/mol. The molecule has 1 aliphatic heterocycles. The molecule has 22 heavy (non-hydrogen) atoms. The predicted molar refractivity (Wildman–Crippen MR) is 86.4 cm³/mol. The summed E-state index contributed by atoms with van der Waals surface area (Å²) in [6.07, 6.45) is 0. The third-order valence-corrected chi connectivity index (χ3v) is 4.18. The number of benzene rings is 1. The van der Waals surface area contributed by atoms with Crippen molar-refractivity contribution in [1.82, 2.24) is 15.5 Å². The summed E-state index contributed by atoms with van der Waals surface area (Å²) in [6, 6.07) is 5.11. The van der Waals surface area contributed by atoms with Crippen LogP contribution in [0.5, 0.6) is 0 Å². The van der Waals surface area contributed by atoms with Gasteiger partial charge in [0.25, 0.3) is 0 Å². The van der Waals surface area contributed by atoms with Gasteiger partial charge < -0.3 is 10.6 Å². The minimum absolute atomic E-state index is 0.0709. The van der Waals surface area contributed by atoms with Crippen LogP contribution in [0, 0.1) is 5.82 Å². The van der Waals surface area contributed by atoms with Gasteiger partial charge in [0.05, 0.1) is 11.6 Å². The summed E-state index contributed by atoms with van der Waals surface area (Å²) in [5.74, 6) is -0.620. The molecule has 0 atom stereocenters. The number of hydrogen-bond donors (Lipinski definition) is 2. The molecule has 1 aliphatic rings. The lowest BCUT2D eigenvalue weighted by Gasteiger charge is -2.47. The highest BCUT2D eigenvalue weighted by molar-refractivity contribution is 6.30. The molecule has 0 bridgehead atoms. The summed E-state index contributed by atoms with van der Waals surface area (Å²) < 4.78 is 13.7. The fraction of sp³-hybridized carbons (Fsp3) is 0.562. The van der Waals surface area contributed by atoms with Gasteiger partial charge in [0.1, 0.15) is 5.82 Å². The number of amides is 1. The molecule has 0 unspecified atom stereocenters. The maximum Gasteiger partial charge on any atom is 0.234 e. The van der Waals surface area contributed by atoms with Crippen LogP contribution in [0.4, 0.5) is 4.39 Å². The first-order valence-corrected chi connectivity index (χ1v) is 7.83. The number of halogens is 2. The summed E-state index contributed by atoms with van der Waals surface area (Å²) in [4.78, 5) is 14.1. The second-order valence-corrected chi connectivity index (χ2v) is 7.05. The Morgan fingerprint density at radius 2 is 2.09 bits per heavy atom. The number of carbonyl (C=O) groups excluding carboxylic acids is 1. The average Bonchev–Trinajstić information content (AvgIpc) is 2.37. The van der Waals surface area contributed by atoms with E-state index in [2.05, 4.69) is 36.3 Å². The summed E-state index contributed by atoms with van der Waals surface area (Å²) >= 11 is 5.70. The molecule has 0 aromatic heterocycles. The van der Waals surface area contributed by atoms with Gasteiger partial charge >= 0.3 is 0 Å². The molecule has 0 aliphatic carbocycles. The van der Waals surface area contributed by atoms with Crippen LogP contribution in [-0.4, -0.2) is 42.0 Å². The van der Waals surface area contributed by atoms with E-state index in [1.165, 1.54) is 6.07 Å². The van der Waals surface area contributed by atoms with Crippen molar-refractivity contribution >= 4 is 17.5 Å². The van der Waals surface area contributed by atoms with Gasteiger partial charge in [-0.25, -0.2) is 4.39 Å². The first kappa shape index (κ1) is 17.2. The van der Waals surface area contributed by atoms with Crippen molar-refractivity contribution in [3.63, 3.8) is 0 Å². The molecule has 2 N–H and O–H groups in total. The molecule has 1 aromatic carbocycles. The Kier molecular flexibility index (Phi) is 5.42. The van der Waals surface area contributed by atoms with Gasteiger partial charge in [0.15, 0.2) is 0 Å². The van der Waals surface area contributed by atoms with E-state index in [4.69, 9.17) is 11.6 Å². The molecule has 2 rings (SSSR count). The van der Waals surface area contributed by atoms with E-state index in [1.807, 2.05) is 0 Å². The Morgan fingerprint density at radius 3 is 2.73 bits per heavy atom. The van der Waals surface area contributed by atoms with Gasteiger partial charge in [0, 0.05) is 36.8 Å². The van der Waals surface area contributed by atoms with Crippen LogP contribution < -0.4 is 10.6 Å². The van der Waals surface area contributed by atoms with Crippen LogP contribution in [0.25, 0.3) is 0 Å². The average molecular weight is 328 g/mol. The minimum Gasteiger partial charge on any atom is -0.351 e. The molecule has 1 fully saturated rings. The van der Waals surface area contributed by atoms with Crippen LogP contribution in [0.3, 0.4) is 0 Å². The highest BCUT2D eigenvalue weighted by Crippen LogP contribution is 2.20.